The van der Waals surface area contributed by atoms with Gasteiger partial charge in [0.25, 0.3) is 0 Å². The van der Waals surface area contributed by atoms with Crippen molar-refractivity contribution in [1.29, 1.82) is 0 Å². The second-order valence-electron chi connectivity index (χ2n) is 3.39. The van der Waals surface area contributed by atoms with E-state index in [1.807, 2.05) is 0 Å². The van der Waals surface area contributed by atoms with Crippen molar-refractivity contribution in [3.05, 3.63) is 0 Å². The van der Waals surface area contributed by atoms with Crippen molar-refractivity contribution in [1.82, 2.24) is 10.6 Å². The van der Waals surface area contributed by atoms with Gasteiger partial charge in [0, 0.05) is 13.1 Å². The zero-order valence-electron chi connectivity index (χ0n) is 8.23. The van der Waals surface area contributed by atoms with Crippen LogP contribution in [0.5, 0.6) is 0 Å². The molecular weight excluding hydrogens is 233 g/mol. The molecule has 0 bridgehead atoms. The first-order valence-corrected chi connectivity index (χ1v) is 4.46. The van der Waals surface area contributed by atoms with Crippen LogP contribution >= 0.6 is 12.4 Å². The molecule has 2 atom stereocenters. The second-order valence-corrected chi connectivity index (χ2v) is 3.39. The predicted octanol–water partition coefficient (Wildman–Crippen LogP) is 1.08. The van der Waals surface area contributed by atoms with Crippen LogP contribution in [0.2, 0.25) is 0 Å². The average Bonchev–Trinajstić information content (AvgIpc) is 2.48. The topological polar surface area (TPSA) is 41.1 Å². The molecule has 0 aromatic heterocycles. The molecule has 15 heavy (non-hydrogen) atoms. The number of alkyl halides is 3. The van der Waals surface area contributed by atoms with Crippen LogP contribution in [0.1, 0.15) is 12.8 Å². The molecule has 0 spiro atoms. The van der Waals surface area contributed by atoms with Crippen LogP contribution in [0.3, 0.4) is 0 Å². The Bertz CT molecular complexity index is 222. The Balaban J connectivity index is 0.00000196. The molecule has 0 aliphatic carbocycles. The maximum atomic E-state index is 12.1. The number of halogens is 4. The summed E-state index contributed by atoms with van der Waals surface area (Å²) < 4.78 is 36.2. The van der Waals surface area contributed by atoms with E-state index in [0.29, 0.717) is 13.0 Å². The maximum absolute atomic E-state index is 12.1. The van der Waals surface area contributed by atoms with Gasteiger partial charge < -0.3 is 10.6 Å². The molecule has 1 saturated heterocycles. The molecule has 0 saturated carbocycles. The standard InChI is InChI=1S/C8H13F3N2O.ClH/c1-12-7(14)5-2-3-13-6(5)4-8(9,10)11;/h5-6,13H,2-4H2,1H3,(H,12,14);1H. The average molecular weight is 247 g/mol. The van der Waals surface area contributed by atoms with E-state index >= 15 is 0 Å². The van der Waals surface area contributed by atoms with Crippen molar-refractivity contribution in [2.24, 2.45) is 5.92 Å². The van der Waals surface area contributed by atoms with Crippen LogP contribution in [0, 0.1) is 5.92 Å². The fourth-order valence-corrected chi connectivity index (χ4v) is 1.73. The van der Waals surface area contributed by atoms with Gasteiger partial charge in [-0.15, -0.1) is 12.4 Å². The third kappa shape index (κ3) is 4.25. The summed E-state index contributed by atoms with van der Waals surface area (Å²) in [5.41, 5.74) is 0. The van der Waals surface area contributed by atoms with Crippen LogP contribution in [-0.4, -0.2) is 31.7 Å². The third-order valence-corrected chi connectivity index (χ3v) is 2.38. The fraction of sp³-hybridized carbons (Fsp3) is 0.875. The molecule has 0 aromatic rings. The van der Waals surface area contributed by atoms with Gasteiger partial charge >= 0.3 is 6.18 Å². The Hall–Kier alpha value is -0.490. The largest absolute Gasteiger partial charge is 0.390 e. The first kappa shape index (κ1) is 14.5. The van der Waals surface area contributed by atoms with E-state index in [4.69, 9.17) is 0 Å². The highest BCUT2D eigenvalue weighted by Gasteiger charge is 2.40. The van der Waals surface area contributed by atoms with E-state index in [1.54, 1.807) is 0 Å². The van der Waals surface area contributed by atoms with Gasteiger partial charge in [0.05, 0.1) is 12.3 Å². The van der Waals surface area contributed by atoms with E-state index < -0.39 is 24.6 Å². The second kappa shape index (κ2) is 5.55. The first-order chi connectivity index (χ1) is 6.44. The molecule has 0 aromatic carbocycles. The molecule has 1 amide bonds. The van der Waals surface area contributed by atoms with Crippen molar-refractivity contribution in [2.45, 2.75) is 25.1 Å². The van der Waals surface area contributed by atoms with Gasteiger partial charge in [0.15, 0.2) is 0 Å². The van der Waals surface area contributed by atoms with Gasteiger partial charge in [-0.2, -0.15) is 13.2 Å². The summed E-state index contributed by atoms with van der Waals surface area (Å²) in [6.07, 6.45) is -4.68. The molecule has 1 heterocycles. The summed E-state index contributed by atoms with van der Waals surface area (Å²) >= 11 is 0. The van der Waals surface area contributed by atoms with Crippen LogP contribution in [0.25, 0.3) is 0 Å². The maximum Gasteiger partial charge on any atom is 0.390 e. The molecule has 1 aliphatic rings. The minimum absolute atomic E-state index is 0. The highest BCUT2D eigenvalue weighted by atomic mass is 35.5. The summed E-state index contributed by atoms with van der Waals surface area (Å²) in [5, 5.41) is 5.07. The lowest BCUT2D eigenvalue weighted by molar-refractivity contribution is -0.144. The molecule has 0 radical (unpaired) electrons. The molecule has 1 fully saturated rings. The van der Waals surface area contributed by atoms with E-state index in [9.17, 15) is 18.0 Å². The molecule has 1 aliphatic heterocycles. The predicted molar refractivity (Wildman–Crippen MR) is 51.9 cm³/mol. The lowest BCUT2D eigenvalue weighted by atomic mass is 9.97. The van der Waals surface area contributed by atoms with Gasteiger partial charge in [-0.3, -0.25) is 4.79 Å². The van der Waals surface area contributed by atoms with Crippen molar-refractivity contribution < 1.29 is 18.0 Å². The fourth-order valence-electron chi connectivity index (χ4n) is 1.73. The number of carbonyl (C=O) groups excluding carboxylic acids is 1. The Morgan fingerprint density at radius 3 is 2.60 bits per heavy atom. The summed E-state index contributed by atoms with van der Waals surface area (Å²) in [4.78, 5) is 11.2. The van der Waals surface area contributed by atoms with Crippen LogP contribution in [0.15, 0.2) is 0 Å². The summed E-state index contributed by atoms with van der Waals surface area (Å²) in [6.45, 7) is 0.471. The van der Waals surface area contributed by atoms with Crippen molar-refractivity contribution in [3.8, 4) is 0 Å². The van der Waals surface area contributed by atoms with E-state index in [2.05, 4.69) is 10.6 Å². The third-order valence-electron chi connectivity index (χ3n) is 2.38. The minimum Gasteiger partial charge on any atom is -0.359 e. The summed E-state index contributed by atoms with van der Waals surface area (Å²) in [6, 6.07) is -0.769. The van der Waals surface area contributed by atoms with E-state index in [0.717, 1.165) is 0 Å². The Morgan fingerprint density at radius 2 is 2.13 bits per heavy atom. The van der Waals surface area contributed by atoms with Gasteiger partial charge in [-0.05, 0) is 13.0 Å². The molecule has 7 heteroatoms. The zero-order chi connectivity index (χ0) is 10.8. The quantitative estimate of drug-likeness (QED) is 0.766. The highest BCUT2D eigenvalue weighted by Crippen LogP contribution is 2.28. The van der Waals surface area contributed by atoms with Gasteiger partial charge in [0.2, 0.25) is 5.91 Å². The van der Waals surface area contributed by atoms with Crippen LogP contribution in [-0.2, 0) is 4.79 Å². The first-order valence-electron chi connectivity index (χ1n) is 4.46. The SMILES string of the molecule is CNC(=O)C1CCNC1CC(F)(F)F.Cl. The number of hydrogen-bond acceptors (Lipinski definition) is 2. The lowest BCUT2D eigenvalue weighted by Gasteiger charge is -2.19. The summed E-state index contributed by atoms with van der Waals surface area (Å²) in [5.74, 6) is -0.870. The van der Waals surface area contributed by atoms with Crippen molar-refractivity contribution in [3.63, 3.8) is 0 Å². The molecule has 2 N–H and O–H groups in total. The molecule has 3 nitrogen and oxygen atoms in total. The highest BCUT2D eigenvalue weighted by molar-refractivity contribution is 5.85. The van der Waals surface area contributed by atoms with Gasteiger partial charge in [-0.1, -0.05) is 0 Å². The Kier molecular flexibility index (Phi) is 5.37. The van der Waals surface area contributed by atoms with Crippen molar-refractivity contribution >= 4 is 18.3 Å². The Labute approximate surface area is 92.2 Å². The molecule has 1 rings (SSSR count). The van der Waals surface area contributed by atoms with Crippen molar-refractivity contribution in [2.75, 3.05) is 13.6 Å². The molecular formula is C8H14ClF3N2O. The van der Waals surface area contributed by atoms with Crippen LogP contribution < -0.4 is 10.6 Å². The number of carbonyl (C=O) groups is 1. The van der Waals surface area contributed by atoms with Gasteiger partial charge in [-0.25, -0.2) is 0 Å². The Morgan fingerprint density at radius 1 is 1.53 bits per heavy atom. The molecule has 90 valence electrons. The smallest absolute Gasteiger partial charge is 0.359 e. The number of amides is 1. The van der Waals surface area contributed by atoms with Gasteiger partial charge in [0.1, 0.15) is 0 Å². The monoisotopic (exact) mass is 246 g/mol. The van der Waals surface area contributed by atoms with Crippen LogP contribution in [0.4, 0.5) is 13.2 Å². The number of rotatable bonds is 2. The molecule has 2 unspecified atom stereocenters. The number of nitrogens with one attached hydrogen (secondary N) is 2. The lowest BCUT2D eigenvalue weighted by Crippen LogP contribution is -2.39. The summed E-state index contributed by atoms with van der Waals surface area (Å²) in [7, 11) is 1.44. The zero-order valence-corrected chi connectivity index (χ0v) is 9.04. The van der Waals surface area contributed by atoms with E-state index in [1.165, 1.54) is 7.05 Å². The number of hydrogen-bond donors (Lipinski definition) is 2. The minimum atomic E-state index is -4.21. The normalized spacial score (nSPS) is 25.9. The van der Waals surface area contributed by atoms with E-state index in [-0.39, 0.29) is 18.3 Å².